The normalized spacial score (nSPS) is 14.9. The Labute approximate surface area is 179 Å². The van der Waals surface area contributed by atoms with Crippen LogP contribution in [0, 0.1) is 0 Å². The Morgan fingerprint density at radius 3 is 2.18 bits per heavy atom. The highest BCUT2D eigenvalue weighted by Gasteiger charge is 2.18. The Morgan fingerprint density at radius 2 is 1.68 bits per heavy atom. The summed E-state index contributed by atoms with van der Waals surface area (Å²) in [7, 11) is -3.62. The first-order valence-electron chi connectivity index (χ1n) is 8.94. The fourth-order valence-electron chi connectivity index (χ4n) is 3.01. The first-order chi connectivity index (χ1) is 12.3. The number of hydrogen-bond acceptors (Lipinski definition) is 5. The topological polar surface area (TPSA) is 88.3 Å². The van der Waals surface area contributed by atoms with Crippen LogP contribution in [-0.2, 0) is 10.0 Å². The second-order valence-corrected chi connectivity index (χ2v) is 8.74. The summed E-state index contributed by atoms with van der Waals surface area (Å²) in [6, 6.07) is 10.8. The summed E-state index contributed by atoms with van der Waals surface area (Å²) in [6.07, 6.45) is 3.45. The van der Waals surface area contributed by atoms with E-state index < -0.39 is 10.0 Å². The predicted octanol–water partition coefficient (Wildman–Crippen LogP) is 3.78. The number of benzene rings is 1. The molecule has 1 aliphatic rings. The number of nitrogens with two attached hydrogens (primary N) is 1. The smallest absolute Gasteiger partial charge is 0.261 e. The van der Waals surface area contributed by atoms with E-state index in [-0.39, 0.29) is 35.8 Å². The zero-order valence-corrected chi connectivity index (χ0v) is 18.5. The lowest BCUT2D eigenvalue weighted by molar-refractivity contribution is 0.498. The van der Waals surface area contributed by atoms with Crippen molar-refractivity contribution in [2.45, 2.75) is 43.5 Å². The number of sulfonamides is 1. The largest absolute Gasteiger partial charge is 0.357 e. The minimum absolute atomic E-state index is 0. The lowest BCUT2D eigenvalue weighted by Gasteiger charge is -2.31. The average molecular weight is 447 g/mol. The highest BCUT2D eigenvalue weighted by molar-refractivity contribution is 7.92. The van der Waals surface area contributed by atoms with Gasteiger partial charge >= 0.3 is 0 Å². The van der Waals surface area contributed by atoms with Crippen molar-refractivity contribution in [3.63, 3.8) is 0 Å². The van der Waals surface area contributed by atoms with Crippen LogP contribution in [0.2, 0.25) is 0 Å². The van der Waals surface area contributed by atoms with Crippen molar-refractivity contribution in [1.82, 2.24) is 4.98 Å². The second-order valence-electron chi connectivity index (χ2n) is 7.06. The van der Waals surface area contributed by atoms with Gasteiger partial charge in [0.25, 0.3) is 10.0 Å². The fraction of sp³-hybridized carbons (Fsp3) is 0.421. The molecule has 0 unspecified atom stereocenters. The molecule has 0 bridgehead atoms. The molecule has 1 aromatic heterocycles. The molecule has 9 heteroatoms. The zero-order valence-electron chi connectivity index (χ0n) is 16.0. The molecular weight excluding hydrogens is 419 g/mol. The van der Waals surface area contributed by atoms with E-state index in [4.69, 9.17) is 5.73 Å². The maximum absolute atomic E-state index is 12.5. The van der Waals surface area contributed by atoms with Crippen LogP contribution in [0.15, 0.2) is 47.5 Å². The molecule has 1 fully saturated rings. The molecule has 1 aliphatic heterocycles. The van der Waals surface area contributed by atoms with E-state index in [0.717, 1.165) is 37.3 Å². The minimum atomic E-state index is -3.62. The molecule has 3 N–H and O–H groups in total. The van der Waals surface area contributed by atoms with Gasteiger partial charge in [0, 0.05) is 19.1 Å². The van der Waals surface area contributed by atoms with E-state index in [1.807, 2.05) is 18.2 Å². The Morgan fingerprint density at radius 1 is 1.07 bits per heavy atom. The third-order valence-corrected chi connectivity index (χ3v) is 6.12. The lowest BCUT2D eigenvalue weighted by atomic mass is 10.0. The number of nitrogens with zero attached hydrogens (tertiary/aromatic N) is 2. The maximum atomic E-state index is 12.5. The zero-order chi connectivity index (χ0) is 18.7. The predicted molar refractivity (Wildman–Crippen MR) is 119 cm³/mol. The number of piperidine rings is 1. The van der Waals surface area contributed by atoms with Gasteiger partial charge in [0.1, 0.15) is 5.82 Å². The van der Waals surface area contributed by atoms with E-state index in [9.17, 15) is 8.42 Å². The molecule has 0 spiro atoms. The minimum Gasteiger partial charge on any atom is -0.357 e. The monoisotopic (exact) mass is 446 g/mol. The summed E-state index contributed by atoms with van der Waals surface area (Å²) in [5.41, 5.74) is 7.49. The lowest BCUT2D eigenvalue weighted by Crippen LogP contribution is -2.40. The number of anilines is 2. The van der Waals surface area contributed by atoms with Crippen molar-refractivity contribution in [1.29, 1.82) is 0 Å². The summed E-state index contributed by atoms with van der Waals surface area (Å²) in [6.45, 7) is 5.90. The molecule has 156 valence electrons. The van der Waals surface area contributed by atoms with Crippen molar-refractivity contribution in [3.05, 3.63) is 48.2 Å². The number of rotatable bonds is 5. The molecule has 1 aromatic carbocycles. The van der Waals surface area contributed by atoms with E-state index in [1.54, 1.807) is 24.4 Å². The molecule has 2 heterocycles. The first kappa shape index (κ1) is 24.5. The van der Waals surface area contributed by atoms with Crippen molar-refractivity contribution < 1.29 is 8.42 Å². The fourth-order valence-corrected chi connectivity index (χ4v) is 4.05. The molecule has 0 radical (unpaired) electrons. The Bertz CT molecular complexity index is 835. The second kappa shape index (κ2) is 10.3. The van der Waals surface area contributed by atoms with Crippen LogP contribution in [0.25, 0.3) is 0 Å². The van der Waals surface area contributed by atoms with E-state index in [0.29, 0.717) is 11.6 Å². The Hall–Kier alpha value is -1.54. The van der Waals surface area contributed by atoms with Gasteiger partial charge in [0.15, 0.2) is 0 Å². The molecule has 0 saturated carbocycles. The van der Waals surface area contributed by atoms with Gasteiger partial charge < -0.3 is 10.6 Å². The number of halogens is 2. The van der Waals surface area contributed by atoms with Gasteiger partial charge in [-0.1, -0.05) is 26.0 Å². The SMILES string of the molecule is CC(C)c1ccc(S(=O)(=O)Nc2ccc(N3CCC(N)CC3)nc2)cc1.Cl.Cl. The van der Waals surface area contributed by atoms with Gasteiger partial charge in [-0.15, -0.1) is 24.8 Å². The van der Waals surface area contributed by atoms with E-state index in [1.165, 1.54) is 0 Å². The number of aromatic nitrogens is 1. The van der Waals surface area contributed by atoms with Crippen LogP contribution in [0.5, 0.6) is 0 Å². The third kappa shape index (κ3) is 5.98. The summed E-state index contributed by atoms with van der Waals surface area (Å²) < 4.78 is 27.7. The summed E-state index contributed by atoms with van der Waals surface area (Å²) in [4.78, 5) is 6.82. The first-order valence-corrected chi connectivity index (χ1v) is 10.4. The van der Waals surface area contributed by atoms with Crippen molar-refractivity contribution >= 4 is 46.3 Å². The highest BCUT2D eigenvalue weighted by atomic mass is 35.5. The molecule has 3 rings (SSSR count). The third-order valence-electron chi connectivity index (χ3n) is 4.72. The highest BCUT2D eigenvalue weighted by Crippen LogP contribution is 2.22. The molecule has 6 nitrogen and oxygen atoms in total. The Kier molecular flexibility index (Phi) is 9.01. The van der Waals surface area contributed by atoms with Crippen molar-refractivity contribution in [2.75, 3.05) is 22.7 Å². The number of pyridine rings is 1. The van der Waals surface area contributed by atoms with Gasteiger partial charge in [-0.2, -0.15) is 0 Å². The van der Waals surface area contributed by atoms with Crippen LogP contribution in [0.1, 0.15) is 38.2 Å². The van der Waals surface area contributed by atoms with Crippen molar-refractivity contribution in [2.24, 2.45) is 5.73 Å². The molecule has 0 atom stereocenters. The maximum Gasteiger partial charge on any atom is 0.261 e. The summed E-state index contributed by atoms with van der Waals surface area (Å²) in [5.74, 6) is 1.21. The van der Waals surface area contributed by atoms with Crippen LogP contribution in [0.4, 0.5) is 11.5 Å². The molecular formula is C19H28Cl2N4O2S. The number of nitrogens with one attached hydrogen (secondary N) is 1. The molecule has 1 saturated heterocycles. The summed E-state index contributed by atoms with van der Waals surface area (Å²) >= 11 is 0. The standard InChI is InChI=1S/C19H26N4O2S.2ClH/c1-14(2)15-3-6-18(7-4-15)26(24,25)22-17-5-8-19(21-13-17)23-11-9-16(20)10-12-23;;/h3-8,13-14,16,22H,9-12,20H2,1-2H3;2*1H. The molecule has 0 amide bonds. The van der Waals surface area contributed by atoms with Gasteiger partial charge in [0.05, 0.1) is 16.8 Å². The van der Waals surface area contributed by atoms with Crippen LogP contribution in [0.3, 0.4) is 0 Å². The molecule has 2 aromatic rings. The van der Waals surface area contributed by atoms with Gasteiger partial charge in [0.2, 0.25) is 0 Å². The molecule has 0 aliphatic carbocycles. The van der Waals surface area contributed by atoms with Crippen LogP contribution >= 0.6 is 24.8 Å². The van der Waals surface area contributed by atoms with Gasteiger partial charge in [-0.25, -0.2) is 13.4 Å². The number of hydrogen-bond donors (Lipinski definition) is 2. The summed E-state index contributed by atoms with van der Waals surface area (Å²) in [5, 5.41) is 0. The van der Waals surface area contributed by atoms with Gasteiger partial charge in [-0.3, -0.25) is 4.72 Å². The van der Waals surface area contributed by atoms with Crippen molar-refractivity contribution in [3.8, 4) is 0 Å². The van der Waals surface area contributed by atoms with Gasteiger partial charge in [-0.05, 0) is 48.6 Å². The molecule has 28 heavy (non-hydrogen) atoms. The van der Waals surface area contributed by atoms with E-state index >= 15 is 0 Å². The van der Waals surface area contributed by atoms with Crippen LogP contribution in [-0.4, -0.2) is 32.5 Å². The Balaban J connectivity index is 0.00000196. The van der Waals surface area contributed by atoms with Crippen LogP contribution < -0.4 is 15.4 Å². The average Bonchev–Trinajstić information content (AvgIpc) is 2.63. The van der Waals surface area contributed by atoms with E-state index in [2.05, 4.69) is 28.5 Å². The quantitative estimate of drug-likeness (QED) is 0.729.